The molecule has 2 atom stereocenters. The second-order valence-corrected chi connectivity index (χ2v) is 8.25. The smallest absolute Gasteiger partial charge is 0.220 e. The Morgan fingerprint density at radius 2 is 2.24 bits per heavy atom. The summed E-state index contributed by atoms with van der Waals surface area (Å²) in [5.41, 5.74) is 1.20. The number of methoxy groups -OCH3 is 1. The minimum Gasteiger partial charge on any atom is -0.493 e. The highest BCUT2D eigenvalue weighted by Crippen LogP contribution is 2.33. The Morgan fingerprint density at radius 3 is 2.93 bits per heavy atom. The average Bonchev–Trinajstić information content (AvgIpc) is 3.27. The maximum absolute atomic E-state index is 12.1. The summed E-state index contributed by atoms with van der Waals surface area (Å²) in [5.74, 6) is 1.99. The molecule has 1 aliphatic heterocycles. The van der Waals surface area contributed by atoms with E-state index in [1.807, 2.05) is 31.5 Å². The molecule has 1 aromatic carbocycles. The fraction of sp³-hybridized carbons (Fsp3) is 0.545. The largest absolute Gasteiger partial charge is 0.493 e. The van der Waals surface area contributed by atoms with Crippen LogP contribution in [0.15, 0.2) is 29.8 Å². The van der Waals surface area contributed by atoms with Crippen molar-refractivity contribution >= 4 is 17.2 Å². The summed E-state index contributed by atoms with van der Waals surface area (Å²) in [7, 11) is 1.67. The van der Waals surface area contributed by atoms with Crippen LogP contribution in [0.5, 0.6) is 11.5 Å². The third-order valence-corrected chi connectivity index (χ3v) is 6.16. The number of benzene rings is 1. The predicted octanol–water partition coefficient (Wildman–Crippen LogP) is 4.03. The van der Waals surface area contributed by atoms with Gasteiger partial charge in [-0.15, -0.1) is 11.3 Å². The fourth-order valence-electron chi connectivity index (χ4n) is 3.90. The lowest BCUT2D eigenvalue weighted by atomic mass is 9.90. The van der Waals surface area contributed by atoms with E-state index in [9.17, 15) is 4.79 Å². The normalized spacial score (nSPS) is 18.2. The summed E-state index contributed by atoms with van der Waals surface area (Å²) in [6, 6.07) is 6.14. The van der Waals surface area contributed by atoms with Gasteiger partial charge in [-0.3, -0.25) is 9.69 Å². The molecular weight excluding hydrogens is 386 g/mol. The zero-order valence-electron chi connectivity index (χ0n) is 17.5. The summed E-state index contributed by atoms with van der Waals surface area (Å²) in [5, 5.41) is 6.19. The number of ether oxygens (including phenoxy) is 2. The molecule has 0 spiro atoms. The maximum atomic E-state index is 12.1. The van der Waals surface area contributed by atoms with Crippen molar-refractivity contribution in [2.45, 2.75) is 45.7 Å². The van der Waals surface area contributed by atoms with Crippen LogP contribution < -0.4 is 14.8 Å². The molecule has 2 heterocycles. The van der Waals surface area contributed by atoms with E-state index < -0.39 is 0 Å². The van der Waals surface area contributed by atoms with Gasteiger partial charge >= 0.3 is 0 Å². The van der Waals surface area contributed by atoms with Gasteiger partial charge in [0.2, 0.25) is 5.91 Å². The van der Waals surface area contributed by atoms with E-state index in [2.05, 4.69) is 27.3 Å². The Kier molecular flexibility index (Phi) is 7.89. The summed E-state index contributed by atoms with van der Waals surface area (Å²) in [4.78, 5) is 19.1. The van der Waals surface area contributed by atoms with Gasteiger partial charge in [-0.05, 0) is 49.9 Å². The highest BCUT2D eigenvalue weighted by atomic mass is 32.1. The second kappa shape index (κ2) is 10.6. The van der Waals surface area contributed by atoms with E-state index in [0.717, 1.165) is 49.0 Å². The van der Waals surface area contributed by atoms with E-state index in [1.165, 1.54) is 5.56 Å². The summed E-state index contributed by atoms with van der Waals surface area (Å²) >= 11 is 1.62. The number of rotatable bonds is 9. The molecule has 6 nitrogen and oxygen atoms in total. The number of carbonyl (C=O) groups is 1. The first-order valence-electron chi connectivity index (χ1n) is 10.3. The molecule has 0 aliphatic carbocycles. The van der Waals surface area contributed by atoms with Crippen LogP contribution in [-0.2, 0) is 11.3 Å². The van der Waals surface area contributed by atoms with Crippen molar-refractivity contribution in [3.05, 3.63) is 40.3 Å². The molecule has 1 N–H and O–H groups in total. The van der Waals surface area contributed by atoms with Crippen LogP contribution in [0.2, 0.25) is 0 Å². The van der Waals surface area contributed by atoms with Crippen molar-refractivity contribution in [3.8, 4) is 11.5 Å². The zero-order valence-corrected chi connectivity index (χ0v) is 18.3. The first-order valence-corrected chi connectivity index (χ1v) is 11.2. The van der Waals surface area contributed by atoms with Crippen molar-refractivity contribution in [2.24, 2.45) is 5.92 Å². The van der Waals surface area contributed by atoms with Crippen LogP contribution in [0.1, 0.15) is 49.7 Å². The van der Waals surface area contributed by atoms with E-state index in [0.29, 0.717) is 18.9 Å². The molecule has 2 aromatic rings. The van der Waals surface area contributed by atoms with Crippen molar-refractivity contribution in [1.82, 2.24) is 15.2 Å². The summed E-state index contributed by atoms with van der Waals surface area (Å²) < 4.78 is 11.1. The van der Waals surface area contributed by atoms with Crippen LogP contribution in [0.3, 0.4) is 0 Å². The van der Waals surface area contributed by atoms with Crippen LogP contribution in [-0.4, -0.2) is 42.6 Å². The number of hydrogen-bond donors (Lipinski definition) is 1. The molecule has 3 rings (SSSR count). The predicted molar refractivity (Wildman–Crippen MR) is 115 cm³/mol. The lowest BCUT2D eigenvalue weighted by molar-refractivity contribution is -0.122. The molecule has 29 heavy (non-hydrogen) atoms. The number of piperidine rings is 1. The molecule has 0 saturated carbocycles. The van der Waals surface area contributed by atoms with Gasteiger partial charge in [-0.2, -0.15) is 0 Å². The molecule has 0 bridgehead atoms. The van der Waals surface area contributed by atoms with Crippen LogP contribution >= 0.6 is 11.3 Å². The summed E-state index contributed by atoms with van der Waals surface area (Å²) in [6.07, 6.45) is 4.52. The quantitative estimate of drug-likeness (QED) is 0.667. The number of nitrogens with zero attached hydrogens (tertiary/aromatic N) is 2. The van der Waals surface area contributed by atoms with E-state index >= 15 is 0 Å². The van der Waals surface area contributed by atoms with Gasteiger partial charge < -0.3 is 14.8 Å². The van der Waals surface area contributed by atoms with Crippen LogP contribution in [0.4, 0.5) is 0 Å². The van der Waals surface area contributed by atoms with Crippen molar-refractivity contribution in [1.29, 1.82) is 0 Å². The molecule has 7 heteroatoms. The van der Waals surface area contributed by atoms with E-state index in [4.69, 9.17) is 9.47 Å². The Bertz CT molecular complexity index is 782. The van der Waals surface area contributed by atoms with E-state index in [-0.39, 0.29) is 11.9 Å². The minimum atomic E-state index is -0.0138. The van der Waals surface area contributed by atoms with Gasteiger partial charge in [0.1, 0.15) is 5.01 Å². The van der Waals surface area contributed by atoms with Crippen molar-refractivity contribution in [2.75, 3.05) is 26.8 Å². The van der Waals surface area contributed by atoms with Crippen molar-refractivity contribution < 1.29 is 14.3 Å². The van der Waals surface area contributed by atoms with Gasteiger partial charge in [-0.1, -0.05) is 13.0 Å². The number of hydrogen-bond acceptors (Lipinski definition) is 6. The first kappa shape index (κ1) is 21.6. The number of amides is 1. The lowest BCUT2D eigenvalue weighted by Crippen LogP contribution is -2.42. The molecule has 0 unspecified atom stereocenters. The monoisotopic (exact) mass is 417 g/mol. The third-order valence-electron chi connectivity index (χ3n) is 5.30. The maximum Gasteiger partial charge on any atom is 0.220 e. The van der Waals surface area contributed by atoms with E-state index in [1.54, 1.807) is 18.4 Å². The molecule has 1 aliphatic rings. The van der Waals surface area contributed by atoms with Gasteiger partial charge in [-0.25, -0.2) is 4.98 Å². The molecule has 1 saturated heterocycles. The molecule has 158 valence electrons. The number of aromatic nitrogens is 1. The lowest BCUT2D eigenvalue weighted by Gasteiger charge is -2.36. The molecule has 1 aromatic heterocycles. The van der Waals surface area contributed by atoms with Gasteiger partial charge in [0.15, 0.2) is 11.5 Å². The van der Waals surface area contributed by atoms with Crippen molar-refractivity contribution in [3.63, 3.8) is 0 Å². The Balaban J connectivity index is 1.70. The molecule has 0 radical (unpaired) electrons. The second-order valence-electron chi connectivity index (χ2n) is 7.32. The molecular formula is C22H31N3O3S. The zero-order chi connectivity index (χ0) is 20.6. The Hall–Kier alpha value is -2.12. The number of nitrogens with one attached hydrogen (secondary N) is 1. The Labute approximate surface area is 177 Å². The first-order chi connectivity index (χ1) is 14.1. The van der Waals surface area contributed by atoms with Crippen LogP contribution in [0, 0.1) is 5.92 Å². The highest BCUT2D eigenvalue weighted by Gasteiger charge is 2.31. The molecule has 1 amide bonds. The third kappa shape index (κ3) is 5.70. The Morgan fingerprint density at radius 1 is 1.38 bits per heavy atom. The van der Waals surface area contributed by atoms with Gasteiger partial charge in [0, 0.05) is 31.1 Å². The van der Waals surface area contributed by atoms with Gasteiger partial charge in [0.25, 0.3) is 0 Å². The highest BCUT2D eigenvalue weighted by molar-refractivity contribution is 7.09. The van der Waals surface area contributed by atoms with Crippen LogP contribution in [0.25, 0.3) is 0 Å². The minimum absolute atomic E-state index is 0.0138. The standard InChI is InChI=1S/C22H31N3O3S/c1-4-20(26)24-21(22-23-10-12-29-22)17-7-6-11-25(15-17)14-16-8-9-18(28-5-2)19(13-16)27-3/h8-10,12-13,17,21H,4-7,11,14-15H2,1-3H3,(H,24,26)/t17-,21-/m1/s1. The topological polar surface area (TPSA) is 63.7 Å². The average molecular weight is 418 g/mol. The summed E-state index contributed by atoms with van der Waals surface area (Å²) in [6.45, 7) is 7.32. The number of carbonyl (C=O) groups excluding carboxylic acids is 1. The SMILES string of the molecule is CCOc1ccc(CN2CCC[C@@H]([C@@H](NC(=O)CC)c3nccs3)C2)cc1OC. The van der Waals surface area contributed by atoms with Gasteiger partial charge in [0.05, 0.1) is 19.8 Å². The number of thiazole rings is 1. The fourth-order valence-corrected chi connectivity index (χ4v) is 4.68. The molecule has 1 fully saturated rings. The number of likely N-dealkylation sites (tertiary alicyclic amines) is 1.